The molecule has 4 aliphatic rings. The molecule has 2 amide bonds. The second-order valence-electron chi connectivity index (χ2n) is 12.7. The van der Waals surface area contributed by atoms with Crippen LogP contribution in [-0.2, 0) is 16.1 Å². The summed E-state index contributed by atoms with van der Waals surface area (Å²) in [6.07, 6.45) is 13.1. The van der Waals surface area contributed by atoms with E-state index in [2.05, 4.69) is 35.7 Å². The van der Waals surface area contributed by atoms with Gasteiger partial charge in [0.1, 0.15) is 11.6 Å². The Morgan fingerprint density at radius 2 is 1.68 bits per heavy atom. The molecule has 2 aliphatic heterocycles. The van der Waals surface area contributed by atoms with Crippen LogP contribution in [0.25, 0.3) is 0 Å². The highest BCUT2D eigenvalue weighted by Gasteiger charge is 2.54. The van der Waals surface area contributed by atoms with Crippen LogP contribution in [0.15, 0.2) is 0 Å². The lowest BCUT2D eigenvalue weighted by Crippen LogP contribution is -2.73. The summed E-state index contributed by atoms with van der Waals surface area (Å²) < 4.78 is 2.27. The van der Waals surface area contributed by atoms with E-state index in [1.54, 1.807) is 0 Å². The van der Waals surface area contributed by atoms with E-state index in [9.17, 15) is 14.7 Å². The molecule has 212 valence electrons. The summed E-state index contributed by atoms with van der Waals surface area (Å²) in [5.41, 5.74) is 2.11. The van der Waals surface area contributed by atoms with Crippen molar-refractivity contribution in [3.8, 4) is 0 Å². The van der Waals surface area contributed by atoms with Crippen LogP contribution in [0.5, 0.6) is 0 Å². The molecule has 38 heavy (non-hydrogen) atoms. The number of hydrogen-bond donors (Lipinski definition) is 2. The molecule has 1 spiro atoms. The van der Waals surface area contributed by atoms with Crippen LogP contribution in [0, 0.1) is 13.8 Å². The van der Waals surface area contributed by atoms with Crippen LogP contribution in [-0.4, -0.2) is 73.3 Å². The summed E-state index contributed by atoms with van der Waals surface area (Å²) in [5, 5.41) is 19.2. The Hall–Kier alpha value is -1.93. The first-order chi connectivity index (χ1) is 18.3. The lowest BCUT2D eigenvalue weighted by Gasteiger charge is -2.52. The Bertz CT molecular complexity index is 1000. The maximum absolute atomic E-state index is 13.8. The third-order valence-corrected chi connectivity index (χ3v) is 10.1. The number of amides is 2. The van der Waals surface area contributed by atoms with Gasteiger partial charge in [-0.1, -0.05) is 45.4 Å². The van der Waals surface area contributed by atoms with Gasteiger partial charge >= 0.3 is 0 Å². The number of aryl methyl sites for hydroxylation is 1. The van der Waals surface area contributed by atoms with E-state index in [4.69, 9.17) is 5.10 Å². The van der Waals surface area contributed by atoms with Crippen molar-refractivity contribution < 1.29 is 14.7 Å². The van der Waals surface area contributed by atoms with Gasteiger partial charge in [-0.25, -0.2) is 0 Å². The number of unbranched alkanes of at least 4 members (excludes halogenated alkanes) is 1. The number of carbonyl (C=O) groups is 2. The van der Waals surface area contributed by atoms with Gasteiger partial charge in [0.05, 0.1) is 17.3 Å². The van der Waals surface area contributed by atoms with E-state index < -0.39 is 17.2 Å². The molecule has 8 nitrogen and oxygen atoms in total. The highest BCUT2D eigenvalue weighted by atomic mass is 16.3. The molecule has 4 fully saturated rings. The van der Waals surface area contributed by atoms with Crippen molar-refractivity contribution in [3.05, 3.63) is 17.0 Å². The summed E-state index contributed by atoms with van der Waals surface area (Å²) >= 11 is 0. The molecule has 3 heterocycles. The third-order valence-electron chi connectivity index (χ3n) is 10.1. The lowest BCUT2D eigenvalue weighted by atomic mass is 9.77. The fourth-order valence-corrected chi connectivity index (χ4v) is 7.68. The summed E-state index contributed by atoms with van der Waals surface area (Å²) in [7, 11) is 0. The van der Waals surface area contributed by atoms with E-state index in [1.807, 2.05) is 4.90 Å². The minimum atomic E-state index is -0.838. The van der Waals surface area contributed by atoms with E-state index >= 15 is 0 Å². The second-order valence-corrected chi connectivity index (χ2v) is 12.7. The molecular formula is C30H49N5O3. The normalized spacial score (nSPS) is 26.3. The predicted octanol–water partition coefficient (Wildman–Crippen LogP) is 4.16. The Morgan fingerprint density at radius 1 is 1.00 bits per heavy atom. The number of piperidine rings is 1. The standard InChI is InChI=1S/C30H49N5O3/c1-4-5-17-34-27(36)26(20-29(38)13-9-6-10-14-29)31-28(37)30(34)15-18-33(19-16-30)21-25-22(2)32-35(23(25)3)24-11-7-8-12-24/h24,26,38H,4-21H2,1-3H3,(H,31,37)/t26-/m1/s1. The van der Waals surface area contributed by atoms with E-state index in [0.717, 1.165) is 70.3 Å². The van der Waals surface area contributed by atoms with Gasteiger partial charge in [-0.2, -0.15) is 5.10 Å². The van der Waals surface area contributed by atoms with Crippen molar-refractivity contribution in [2.45, 2.75) is 140 Å². The van der Waals surface area contributed by atoms with E-state index in [1.165, 1.54) is 36.9 Å². The smallest absolute Gasteiger partial charge is 0.246 e. The van der Waals surface area contributed by atoms with Crippen LogP contribution in [0.1, 0.15) is 120 Å². The topological polar surface area (TPSA) is 90.7 Å². The predicted molar refractivity (Wildman–Crippen MR) is 148 cm³/mol. The van der Waals surface area contributed by atoms with Gasteiger partial charge in [-0.05, 0) is 58.8 Å². The molecule has 0 radical (unpaired) electrons. The molecule has 2 N–H and O–H groups in total. The first kappa shape index (κ1) is 27.6. The number of likely N-dealkylation sites (tertiary alicyclic amines) is 1. The SMILES string of the molecule is CCCCN1C(=O)[C@@H](CC2(O)CCCCC2)NC(=O)C12CCN(Cc1c(C)nn(C3CCCC3)c1C)CC2. The van der Waals surface area contributed by atoms with Crippen molar-refractivity contribution in [2.75, 3.05) is 19.6 Å². The van der Waals surface area contributed by atoms with Gasteiger partial charge in [0.25, 0.3) is 0 Å². The number of rotatable bonds is 8. The van der Waals surface area contributed by atoms with Gasteiger partial charge < -0.3 is 15.3 Å². The molecular weight excluding hydrogens is 478 g/mol. The maximum atomic E-state index is 13.8. The Kier molecular flexibility index (Phi) is 8.20. The van der Waals surface area contributed by atoms with Crippen LogP contribution >= 0.6 is 0 Å². The van der Waals surface area contributed by atoms with Gasteiger partial charge in [0, 0.05) is 43.9 Å². The molecule has 1 aromatic rings. The third kappa shape index (κ3) is 5.27. The molecule has 2 aliphatic carbocycles. The number of nitrogens with one attached hydrogen (secondary N) is 1. The summed E-state index contributed by atoms with van der Waals surface area (Å²) in [6, 6.07) is -0.0754. The fourth-order valence-electron chi connectivity index (χ4n) is 7.68. The lowest BCUT2D eigenvalue weighted by molar-refractivity contribution is -0.163. The molecule has 1 aromatic heterocycles. The molecule has 2 saturated heterocycles. The number of carbonyl (C=O) groups excluding carboxylic acids is 2. The Balaban J connectivity index is 1.28. The zero-order valence-electron chi connectivity index (χ0n) is 23.9. The van der Waals surface area contributed by atoms with Crippen LogP contribution in [0.2, 0.25) is 0 Å². The van der Waals surface area contributed by atoms with Gasteiger partial charge in [0.15, 0.2) is 0 Å². The monoisotopic (exact) mass is 527 g/mol. The van der Waals surface area contributed by atoms with Crippen molar-refractivity contribution in [3.63, 3.8) is 0 Å². The molecule has 0 aromatic carbocycles. The molecule has 1 atom stereocenters. The van der Waals surface area contributed by atoms with Gasteiger partial charge in [-0.3, -0.25) is 19.2 Å². The zero-order valence-corrected chi connectivity index (χ0v) is 23.9. The number of aromatic nitrogens is 2. The van der Waals surface area contributed by atoms with E-state index in [0.29, 0.717) is 31.8 Å². The summed E-state index contributed by atoms with van der Waals surface area (Å²) in [6.45, 7) is 9.49. The quantitative estimate of drug-likeness (QED) is 0.530. The van der Waals surface area contributed by atoms with Crippen LogP contribution in [0.4, 0.5) is 0 Å². The maximum Gasteiger partial charge on any atom is 0.246 e. The Labute approximate surface area is 228 Å². The average Bonchev–Trinajstić information content (AvgIpc) is 3.53. The second kappa shape index (κ2) is 11.3. The Morgan fingerprint density at radius 3 is 2.34 bits per heavy atom. The van der Waals surface area contributed by atoms with Gasteiger partial charge in [0.2, 0.25) is 11.8 Å². The zero-order chi connectivity index (χ0) is 26.9. The van der Waals surface area contributed by atoms with Crippen molar-refractivity contribution in [2.24, 2.45) is 0 Å². The highest BCUT2D eigenvalue weighted by molar-refractivity contribution is 6.00. The first-order valence-corrected chi connectivity index (χ1v) is 15.4. The molecule has 0 unspecified atom stereocenters. The van der Waals surface area contributed by atoms with Crippen molar-refractivity contribution in [1.82, 2.24) is 24.9 Å². The average molecular weight is 528 g/mol. The minimum absolute atomic E-state index is 0.00928. The summed E-state index contributed by atoms with van der Waals surface area (Å²) in [5.74, 6) is -0.00583. The van der Waals surface area contributed by atoms with Crippen molar-refractivity contribution >= 4 is 11.8 Å². The van der Waals surface area contributed by atoms with Crippen LogP contribution in [0.3, 0.4) is 0 Å². The highest BCUT2D eigenvalue weighted by Crippen LogP contribution is 2.38. The number of nitrogens with zero attached hydrogens (tertiary/aromatic N) is 4. The van der Waals surface area contributed by atoms with E-state index in [-0.39, 0.29) is 11.8 Å². The molecule has 5 rings (SSSR count). The van der Waals surface area contributed by atoms with Gasteiger partial charge in [-0.15, -0.1) is 0 Å². The minimum Gasteiger partial charge on any atom is -0.390 e. The fraction of sp³-hybridized carbons (Fsp3) is 0.833. The number of piperazine rings is 1. The number of hydrogen-bond acceptors (Lipinski definition) is 5. The number of aliphatic hydroxyl groups is 1. The largest absolute Gasteiger partial charge is 0.390 e. The first-order valence-electron chi connectivity index (χ1n) is 15.4. The van der Waals surface area contributed by atoms with Crippen molar-refractivity contribution in [1.29, 1.82) is 0 Å². The molecule has 0 bridgehead atoms. The summed E-state index contributed by atoms with van der Waals surface area (Å²) in [4.78, 5) is 31.9. The molecule has 2 saturated carbocycles. The van der Waals surface area contributed by atoms with Crippen LogP contribution < -0.4 is 5.32 Å². The molecule has 8 heteroatoms.